The summed E-state index contributed by atoms with van der Waals surface area (Å²) >= 11 is 1.79. The first-order valence-electron chi connectivity index (χ1n) is 4.34. The predicted molar refractivity (Wildman–Crippen MR) is 60.6 cm³/mol. The summed E-state index contributed by atoms with van der Waals surface area (Å²) in [5.41, 5.74) is 0.635. The molecular weight excluding hydrogens is 194 g/mol. The van der Waals surface area contributed by atoms with Crippen LogP contribution >= 0.6 is 11.8 Å². The zero-order valence-corrected chi connectivity index (χ0v) is 9.21. The molecule has 0 spiro atoms. The summed E-state index contributed by atoms with van der Waals surface area (Å²) in [6, 6.07) is 5.71. The molecular formula is C10H13N3S. The minimum atomic E-state index is 0.635. The number of hydrogen-bond donors (Lipinski definition) is 0. The molecule has 4 heteroatoms. The number of nitrogens with zero attached hydrogens (tertiary/aromatic N) is 3. The molecule has 0 fully saturated rings. The van der Waals surface area contributed by atoms with Crippen LogP contribution in [0.5, 0.6) is 0 Å². The third kappa shape index (κ3) is 2.64. The maximum absolute atomic E-state index is 8.87. The van der Waals surface area contributed by atoms with Gasteiger partial charge in [-0.1, -0.05) is 0 Å². The highest BCUT2D eigenvalue weighted by atomic mass is 32.2. The summed E-state index contributed by atoms with van der Waals surface area (Å²) in [6.45, 7) is 0.910. The van der Waals surface area contributed by atoms with Crippen molar-refractivity contribution in [2.45, 2.75) is 0 Å². The average molecular weight is 207 g/mol. The highest BCUT2D eigenvalue weighted by Crippen LogP contribution is 2.14. The molecule has 0 unspecified atom stereocenters. The highest BCUT2D eigenvalue weighted by Gasteiger charge is 2.06. The maximum atomic E-state index is 8.87. The Morgan fingerprint density at radius 3 is 3.07 bits per heavy atom. The van der Waals surface area contributed by atoms with Crippen molar-refractivity contribution in [1.29, 1.82) is 5.26 Å². The molecule has 0 saturated carbocycles. The number of nitriles is 1. The van der Waals surface area contributed by atoms with Gasteiger partial charge in [-0.2, -0.15) is 17.0 Å². The standard InChI is InChI=1S/C10H13N3S/c1-13(6-7-14-2)10-9(8-11)4-3-5-12-10/h3-5H,6-7H2,1-2H3. The number of pyridine rings is 1. The smallest absolute Gasteiger partial charge is 0.146 e. The lowest BCUT2D eigenvalue weighted by Crippen LogP contribution is -2.22. The summed E-state index contributed by atoms with van der Waals surface area (Å²) in [5.74, 6) is 1.81. The van der Waals surface area contributed by atoms with Crippen LogP contribution in [0.15, 0.2) is 18.3 Å². The van der Waals surface area contributed by atoms with Crippen molar-refractivity contribution in [3.63, 3.8) is 0 Å². The first kappa shape index (κ1) is 10.9. The molecule has 74 valence electrons. The van der Waals surface area contributed by atoms with Gasteiger partial charge in [0.05, 0.1) is 5.56 Å². The van der Waals surface area contributed by atoms with Crippen molar-refractivity contribution in [3.8, 4) is 6.07 Å². The Hall–Kier alpha value is -1.21. The second-order valence-electron chi connectivity index (χ2n) is 2.90. The number of thioether (sulfide) groups is 1. The van der Waals surface area contributed by atoms with Gasteiger partial charge in [0.25, 0.3) is 0 Å². The molecule has 0 aliphatic carbocycles. The fraction of sp³-hybridized carbons (Fsp3) is 0.400. The van der Waals surface area contributed by atoms with Crippen LogP contribution in [0.1, 0.15) is 5.56 Å². The molecule has 14 heavy (non-hydrogen) atoms. The van der Waals surface area contributed by atoms with E-state index in [4.69, 9.17) is 5.26 Å². The summed E-state index contributed by atoms with van der Waals surface area (Å²) < 4.78 is 0. The molecule has 1 rings (SSSR count). The molecule has 0 N–H and O–H groups in total. The van der Waals surface area contributed by atoms with Crippen molar-refractivity contribution in [2.75, 3.05) is 30.5 Å². The van der Waals surface area contributed by atoms with Gasteiger partial charge in [-0.25, -0.2) is 4.98 Å². The molecule has 0 aliphatic heterocycles. The number of anilines is 1. The van der Waals surface area contributed by atoms with Crippen molar-refractivity contribution < 1.29 is 0 Å². The first-order chi connectivity index (χ1) is 6.79. The molecule has 0 aromatic carbocycles. The Labute approximate surface area is 88.8 Å². The lowest BCUT2D eigenvalue weighted by atomic mass is 10.2. The van der Waals surface area contributed by atoms with Crippen LogP contribution in [0.25, 0.3) is 0 Å². The van der Waals surface area contributed by atoms with E-state index in [1.807, 2.05) is 11.9 Å². The minimum Gasteiger partial charge on any atom is -0.358 e. The van der Waals surface area contributed by atoms with Gasteiger partial charge >= 0.3 is 0 Å². The van der Waals surface area contributed by atoms with Gasteiger partial charge in [0.1, 0.15) is 11.9 Å². The van der Waals surface area contributed by atoms with E-state index in [1.165, 1.54) is 0 Å². The maximum Gasteiger partial charge on any atom is 0.146 e. The molecule has 3 nitrogen and oxygen atoms in total. The van der Waals surface area contributed by atoms with Crippen molar-refractivity contribution in [2.24, 2.45) is 0 Å². The van der Waals surface area contributed by atoms with E-state index in [1.54, 1.807) is 30.1 Å². The van der Waals surface area contributed by atoms with Gasteiger partial charge < -0.3 is 4.90 Å². The Kier molecular flexibility index (Phi) is 4.27. The zero-order valence-electron chi connectivity index (χ0n) is 8.40. The van der Waals surface area contributed by atoms with Crippen molar-refractivity contribution >= 4 is 17.6 Å². The largest absolute Gasteiger partial charge is 0.358 e. The van der Waals surface area contributed by atoms with E-state index in [-0.39, 0.29) is 0 Å². The average Bonchev–Trinajstić information content (AvgIpc) is 2.25. The quantitative estimate of drug-likeness (QED) is 0.754. The van der Waals surface area contributed by atoms with E-state index in [9.17, 15) is 0 Å². The molecule has 0 aliphatic rings. The monoisotopic (exact) mass is 207 g/mol. The molecule has 0 atom stereocenters. The molecule has 0 radical (unpaired) electrons. The second kappa shape index (κ2) is 5.51. The van der Waals surface area contributed by atoms with Gasteiger partial charge in [-0.15, -0.1) is 0 Å². The normalized spacial score (nSPS) is 9.50. The Morgan fingerprint density at radius 2 is 2.43 bits per heavy atom. The van der Waals surface area contributed by atoms with Gasteiger partial charge in [-0.05, 0) is 18.4 Å². The minimum absolute atomic E-state index is 0.635. The summed E-state index contributed by atoms with van der Waals surface area (Å²) in [6.07, 6.45) is 3.78. The zero-order chi connectivity index (χ0) is 10.4. The van der Waals surface area contributed by atoms with Crippen molar-refractivity contribution in [1.82, 2.24) is 4.98 Å². The molecule has 1 aromatic rings. The van der Waals surface area contributed by atoms with E-state index in [0.717, 1.165) is 18.1 Å². The fourth-order valence-corrected chi connectivity index (χ4v) is 1.58. The Balaban J connectivity index is 2.79. The van der Waals surface area contributed by atoms with E-state index in [0.29, 0.717) is 5.56 Å². The topological polar surface area (TPSA) is 39.9 Å². The van der Waals surface area contributed by atoms with Crippen LogP contribution in [0.2, 0.25) is 0 Å². The Bertz CT molecular complexity index is 332. The lowest BCUT2D eigenvalue weighted by molar-refractivity contribution is 0.943. The first-order valence-corrected chi connectivity index (χ1v) is 5.74. The van der Waals surface area contributed by atoms with E-state index in [2.05, 4.69) is 17.3 Å². The fourth-order valence-electron chi connectivity index (χ4n) is 1.12. The molecule has 0 saturated heterocycles. The van der Waals surface area contributed by atoms with Crippen LogP contribution in [-0.4, -0.2) is 30.6 Å². The summed E-state index contributed by atoms with van der Waals surface area (Å²) in [5, 5.41) is 8.87. The molecule has 1 aromatic heterocycles. The third-order valence-electron chi connectivity index (χ3n) is 1.90. The van der Waals surface area contributed by atoms with Crippen molar-refractivity contribution in [3.05, 3.63) is 23.9 Å². The number of aromatic nitrogens is 1. The highest BCUT2D eigenvalue weighted by molar-refractivity contribution is 7.98. The van der Waals surface area contributed by atoms with Gasteiger partial charge in [0, 0.05) is 25.5 Å². The van der Waals surface area contributed by atoms with E-state index >= 15 is 0 Å². The van der Waals surface area contributed by atoms with E-state index < -0.39 is 0 Å². The SMILES string of the molecule is CSCCN(C)c1ncccc1C#N. The summed E-state index contributed by atoms with van der Waals surface area (Å²) in [7, 11) is 1.96. The van der Waals surface area contributed by atoms with Crippen LogP contribution in [0.3, 0.4) is 0 Å². The van der Waals surface area contributed by atoms with Crippen LogP contribution in [0, 0.1) is 11.3 Å². The van der Waals surface area contributed by atoms with Crippen LogP contribution in [0.4, 0.5) is 5.82 Å². The summed E-state index contributed by atoms with van der Waals surface area (Å²) in [4.78, 5) is 6.21. The molecule has 1 heterocycles. The Morgan fingerprint density at radius 1 is 1.64 bits per heavy atom. The van der Waals surface area contributed by atoms with Crippen LogP contribution < -0.4 is 4.90 Å². The molecule has 0 bridgehead atoms. The van der Waals surface area contributed by atoms with Gasteiger partial charge in [0.15, 0.2) is 0 Å². The lowest BCUT2D eigenvalue weighted by Gasteiger charge is -2.18. The van der Waals surface area contributed by atoms with Gasteiger partial charge in [-0.3, -0.25) is 0 Å². The van der Waals surface area contributed by atoms with Gasteiger partial charge in [0.2, 0.25) is 0 Å². The van der Waals surface area contributed by atoms with Crippen LogP contribution in [-0.2, 0) is 0 Å². The molecule has 0 amide bonds. The third-order valence-corrected chi connectivity index (χ3v) is 2.49. The number of hydrogen-bond acceptors (Lipinski definition) is 4. The predicted octanol–water partition coefficient (Wildman–Crippen LogP) is 1.75. The second-order valence-corrected chi connectivity index (χ2v) is 3.89. The number of rotatable bonds is 4.